The van der Waals surface area contributed by atoms with Gasteiger partial charge in [-0.05, 0) is 18.2 Å². The molecule has 2 heterocycles. The highest BCUT2D eigenvalue weighted by Gasteiger charge is 2.24. The summed E-state index contributed by atoms with van der Waals surface area (Å²) in [7, 11) is 1.71. The second-order valence-corrected chi connectivity index (χ2v) is 8.84. The van der Waals surface area contributed by atoms with Gasteiger partial charge in [0.15, 0.2) is 0 Å². The molecule has 2 aromatic carbocycles. The monoisotopic (exact) mass is 471 g/mol. The smallest absolute Gasteiger partial charge is 0.273 e. The summed E-state index contributed by atoms with van der Waals surface area (Å²) in [6.07, 6.45) is 0. The van der Waals surface area contributed by atoms with E-state index in [4.69, 9.17) is 21.1 Å². The fraction of sp³-hybridized carbons (Fsp3) is 0.333. The minimum atomic E-state index is -0.00924. The van der Waals surface area contributed by atoms with Crippen LogP contribution in [-0.2, 0) is 11.3 Å². The van der Waals surface area contributed by atoms with E-state index in [-0.39, 0.29) is 5.91 Å². The van der Waals surface area contributed by atoms with Crippen molar-refractivity contribution in [2.24, 2.45) is 0 Å². The molecule has 1 aliphatic rings. The van der Waals surface area contributed by atoms with Crippen LogP contribution < -0.4 is 4.74 Å². The third-order valence-corrected chi connectivity index (χ3v) is 6.69. The largest absolute Gasteiger partial charge is 0.489 e. The minimum Gasteiger partial charge on any atom is -0.489 e. The lowest BCUT2D eigenvalue weighted by Gasteiger charge is -2.34. The van der Waals surface area contributed by atoms with Crippen molar-refractivity contribution in [1.82, 2.24) is 14.8 Å². The topological polar surface area (TPSA) is 54.9 Å². The summed E-state index contributed by atoms with van der Waals surface area (Å²) in [5.74, 6) is 0.725. The molecule has 32 heavy (non-hydrogen) atoms. The van der Waals surface area contributed by atoms with E-state index in [0.717, 1.165) is 41.5 Å². The number of ether oxygens (including phenoxy) is 2. The molecule has 3 aromatic rings. The standard InChI is InChI=1S/C24H26ClN3O3S/c1-30-14-13-27-9-11-28(12-10-27)24(29)22-17-32-23(26-22)18-6-4-7-20(15-18)31-16-19-5-2-3-8-21(19)25/h2-8,15,17H,9-14,16H2,1H3. The van der Waals surface area contributed by atoms with Crippen LogP contribution in [-0.4, -0.2) is 67.1 Å². The molecule has 0 atom stereocenters. The fourth-order valence-electron chi connectivity index (χ4n) is 3.56. The molecule has 0 N–H and O–H groups in total. The summed E-state index contributed by atoms with van der Waals surface area (Å²) in [5, 5.41) is 3.33. The zero-order valence-corrected chi connectivity index (χ0v) is 19.6. The zero-order valence-electron chi connectivity index (χ0n) is 18.0. The molecular formula is C24H26ClN3O3S. The Morgan fingerprint density at radius 3 is 2.72 bits per heavy atom. The van der Waals surface area contributed by atoms with Crippen LogP contribution in [0.1, 0.15) is 16.1 Å². The molecule has 8 heteroatoms. The molecule has 6 nitrogen and oxygen atoms in total. The summed E-state index contributed by atoms with van der Waals surface area (Å²) in [6.45, 7) is 5.13. The lowest BCUT2D eigenvalue weighted by Crippen LogP contribution is -2.49. The number of aromatic nitrogens is 1. The predicted molar refractivity (Wildman–Crippen MR) is 128 cm³/mol. The highest BCUT2D eigenvalue weighted by atomic mass is 35.5. The van der Waals surface area contributed by atoms with Gasteiger partial charge in [-0.2, -0.15) is 0 Å². The van der Waals surface area contributed by atoms with E-state index < -0.39 is 0 Å². The van der Waals surface area contributed by atoms with Crippen LogP contribution in [0.5, 0.6) is 5.75 Å². The first-order chi connectivity index (χ1) is 15.6. The van der Waals surface area contributed by atoms with Crippen molar-refractivity contribution >= 4 is 28.8 Å². The Morgan fingerprint density at radius 2 is 1.94 bits per heavy atom. The number of carbonyl (C=O) groups excluding carboxylic acids is 1. The van der Waals surface area contributed by atoms with Gasteiger partial charge in [0.25, 0.3) is 5.91 Å². The number of hydrogen-bond acceptors (Lipinski definition) is 6. The Hall–Kier alpha value is -2.45. The normalized spacial score (nSPS) is 14.5. The third-order valence-electron chi connectivity index (χ3n) is 5.43. The van der Waals surface area contributed by atoms with Crippen molar-refractivity contribution < 1.29 is 14.3 Å². The lowest BCUT2D eigenvalue weighted by molar-refractivity contribution is 0.0589. The average molecular weight is 472 g/mol. The molecule has 1 amide bonds. The van der Waals surface area contributed by atoms with E-state index in [0.29, 0.717) is 37.0 Å². The van der Waals surface area contributed by atoms with Gasteiger partial charge >= 0.3 is 0 Å². The van der Waals surface area contributed by atoms with Crippen LogP contribution >= 0.6 is 22.9 Å². The van der Waals surface area contributed by atoms with E-state index in [1.807, 2.05) is 58.8 Å². The molecule has 0 saturated carbocycles. The zero-order chi connectivity index (χ0) is 22.3. The number of nitrogens with zero attached hydrogens (tertiary/aromatic N) is 3. The van der Waals surface area contributed by atoms with Crippen LogP contribution in [0.15, 0.2) is 53.9 Å². The van der Waals surface area contributed by atoms with Gasteiger partial charge in [-0.1, -0.05) is 41.9 Å². The molecule has 1 aliphatic heterocycles. The van der Waals surface area contributed by atoms with Crippen molar-refractivity contribution in [3.05, 3.63) is 70.2 Å². The molecule has 1 aromatic heterocycles. The second kappa shape index (κ2) is 10.9. The summed E-state index contributed by atoms with van der Waals surface area (Å²) >= 11 is 7.68. The molecule has 1 saturated heterocycles. The van der Waals surface area contributed by atoms with E-state index in [1.54, 1.807) is 7.11 Å². The highest BCUT2D eigenvalue weighted by Crippen LogP contribution is 2.28. The molecular weight excluding hydrogens is 446 g/mol. The number of methoxy groups -OCH3 is 1. The average Bonchev–Trinajstić information content (AvgIpc) is 3.33. The maximum atomic E-state index is 12.9. The molecule has 0 spiro atoms. The van der Waals surface area contributed by atoms with Crippen molar-refractivity contribution in [2.45, 2.75) is 6.61 Å². The Labute approximate surface area is 197 Å². The van der Waals surface area contributed by atoms with Gasteiger partial charge in [0.2, 0.25) is 0 Å². The number of carbonyl (C=O) groups is 1. The van der Waals surface area contributed by atoms with E-state index >= 15 is 0 Å². The van der Waals surface area contributed by atoms with Gasteiger partial charge < -0.3 is 14.4 Å². The van der Waals surface area contributed by atoms with Crippen molar-refractivity contribution in [1.29, 1.82) is 0 Å². The van der Waals surface area contributed by atoms with Gasteiger partial charge in [0.1, 0.15) is 23.1 Å². The van der Waals surface area contributed by atoms with Crippen LogP contribution in [0.3, 0.4) is 0 Å². The Bertz CT molecular complexity index is 1050. The SMILES string of the molecule is COCCN1CCN(C(=O)c2csc(-c3cccc(OCc4ccccc4Cl)c3)n2)CC1. The Balaban J connectivity index is 1.37. The Kier molecular flexibility index (Phi) is 7.76. The molecule has 168 valence electrons. The molecule has 0 unspecified atom stereocenters. The minimum absolute atomic E-state index is 0.00924. The fourth-order valence-corrected chi connectivity index (χ4v) is 4.54. The van der Waals surface area contributed by atoms with Crippen LogP contribution in [0.4, 0.5) is 0 Å². The Morgan fingerprint density at radius 1 is 1.12 bits per heavy atom. The second-order valence-electron chi connectivity index (χ2n) is 7.57. The van der Waals surface area contributed by atoms with E-state index in [9.17, 15) is 4.79 Å². The quantitative estimate of drug-likeness (QED) is 0.486. The molecule has 0 aliphatic carbocycles. The van der Waals surface area contributed by atoms with Crippen LogP contribution in [0, 0.1) is 0 Å². The van der Waals surface area contributed by atoms with Gasteiger partial charge in [-0.3, -0.25) is 9.69 Å². The first kappa shape index (κ1) is 22.7. The lowest BCUT2D eigenvalue weighted by atomic mass is 10.2. The highest BCUT2D eigenvalue weighted by molar-refractivity contribution is 7.13. The van der Waals surface area contributed by atoms with Crippen molar-refractivity contribution in [3.63, 3.8) is 0 Å². The van der Waals surface area contributed by atoms with Crippen molar-refractivity contribution in [2.75, 3.05) is 46.4 Å². The number of benzene rings is 2. The van der Waals surface area contributed by atoms with Gasteiger partial charge in [0.05, 0.1) is 6.61 Å². The molecule has 1 fully saturated rings. The van der Waals surface area contributed by atoms with E-state index in [1.165, 1.54) is 11.3 Å². The maximum absolute atomic E-state index is 12.9. The number of piperazine rings is 1. The maximum Gasteiger partial charge on any atom is 0.273 e. The van der Waals surface area contributed by atoms with Crippen LogP contribution in [0.25, 0.3) is 10.6 Å². The number of rotatable bonds is 8. The molecule has 0 radical (unpaired) electrons. The number of hydrogen-bond donors (Lipinski definition) is 0. The molecule has 0 bridgehead atoms. The summed E-state index contributed by atoms with van der Waals surface area (Å²) in [5.41, 5.74) is 2.36. The number of thiazole rings is 1. The molecule has 4 rings (SSSR count). The number of halogens is 1. The first-order valence-electron chi connectivity index (χ1n) is 10.6. The summed E-state index contributed by atoms with van der Waals surface area (Å²) in [6, 6.07) is 15.4. The summed E-state index contributed by atoms with van der Waals surface area (Å²) in [4.78, 5) is 21.7. The number of amides is 1. The van der Waals surface area contributed by atoms with Gasteiger partial charge in [-0.15, -0.1) is 11.3 Å². The summed E-state index contributed by atoms with van der Waals surface area (Å²) < 4.78 is 11.1. The van der Waals surface area contributed by atoms with Crippen molar-refractivity contribution in [3.8, 4) is 16.3 Å². The van der Waals surface area contributed by atoms with Gasteiger partial charge in [0, 0.05) is 61.4 Å². The van der Waals surface area contributed by atoms with Crippen LogP contribution in [0.2, 0.25) is 5.02 Å². The third kappa shape index (κ3) is 5.66. The predicted octanol–water partition coefficient (Wildman–Crippen LogP) is 4.45. The van der Waals surface area contributed by atoms with E-state index in [2.05, 4.69) is 9.88 Å². The van der Waals surface area contributed by atoms with Gasteiger partial charge in [-0.25, -0.2) is 4.98 Å². The first-order valence-corrected chi connectivity index (χ1v) is 11.8.